The minimum Gasteiger partial charge on any atom is -0.382 e. The summed E-state index contributed by atoms with van der Waals surface area (Å²) in [7, 11) is 0. The number of nitrogens with one attached hydrogen (secondary N) is 1. The first-order valence-corrected chi connectivity index (χ1v) is 8.07. The number of likely N-dealkylation sites (tertiary alicyclic amines) is 1. The van der Waals surface area contributed by atoms with Gasteiger partial charge in [0.05, 0.1) is 12.7 Å². The molecule has 0 radical (unpaired) electrons. The molecule has 1 aliphatic heterocycles. The number of halogens is 1. The maximum atomic E-state index is 12.9. The van der Waals surface area contributed by atoms with Crippen LogP contribution >= 0.6 is 0 Å². The van der Waals surface area contributed by atoms with Crippen LogP contribution in [0.1, 0.15) is 23.3 Å². The number of piperidine rings is 1. The lowest BCUT2D eigenvalue weighted by molar-refractivity contribution is 0.0712. The normalized spacial score (nSPS) is 15.5. The third kappa shape index (κ3) is 3.88. The first-order valence-electron chi connectivity index (χ1n) is 8.07. The number of rotatable bonds is 5. The number of hydrogen-bond acceptors (Lipinski definition) is 5. The van der Waals surface area contributed by atoms with Gasteiger partial charge in [-0.3, -0.25) is 9.48 Å². The molecule has 3 N–H and O–H groups in total. The van der Waals surface area contributed by atoms with E-state index in [1.807, 2.05) is 0 Å². The van der Waals surface area contributed by atoms with Crippen LogP contribution in [-0.4, -0.2) is 51.5 Å². The van der Waals surface area contributed by atoms with Crippen LogP contribution in [0.2, 0.25) is 0 Å². The molecular weight excluding hydrogens is 311 g/mol. The second kappa shape index (κ2) is 7.39. The lowest BCUT2D eigenvalue weighted by Crippen LogP contribution is -2.42. The van der Waals surface area contributed by atoms with E-state index in [0.29, 0.717) is 31.9 Å². The summed E-state index contributed by atoms with van der Waals surface area (Å²) in [6, 6.07) is 6.59. The van der Waals surface area contributed by atoms with Gasteiger partial charge in [-0.25, -0.2) is 4.39 Å². The Balaban J connectivity index is 1.52. The Kier molecular flexibility index (Phi) is 5.05. The molecule has 7 nitrogen and oxygen atoms in total. The topological polar surface area (TPSA) is 89.1 Å². The predicted molar refractivity (Wildman–Crippen MR) is 88.0 cm³/mol. The summed E-state index contributed by atoms with van der Waals surface area (Å²) in [5.74, 6) is -0.345. The molecule has 1 aliphatic rings. The number of anilines is 1. The quantitative estimate of drug-likeness (QED) is 0.856. The minimum absolute atomic E-state index is 0.0986. The van der Waals surface area contributed by atoms with Crippen molar-refractivity contribution in [3.8, 4) is 0 Å². The van der Waals surface area contributed by atoms with E-state index in [2.05, 4.69) is 15.6 Å². The van der Waals surface area contributed by atoms with E-state index in [-0.39, 0.29) is 17.8 Å². The number of nitrogens with two attached hydrogens (primary N) is 1. The van der Waals surface area contributed by atoms with E-state index >= 15 is 0 Å². The Morgan fingerprint density at radius 3 is 2.67 bits per heavy atom. The molecule has 1 amide bonds. The molecule has 0 bridgehead atoms. The molecular formula is C16H21FN6O. The van der Waals surface area contributed by atoms with Gasteiger partial charge in [0.1, 0.15) is 5.82 Å². The highest BCUT2D eigenvalue weighted by molar-refractivity contribution is 5.92. The van der Waals surface area contributed by atoms with Gasteiger partial charge in [-0.15, -0.1) is 5.10 Å². The first kappa shape index (κ1) is 16.4. The number of carbonyl (C=O) groups excluding carboxylic acids is 1. The minimum atomic E-state index is -0.247. The fraction of sp³-hybridized carbons (Fsp3) is 0.438. The van der Waals surface area contributed by atoms with Crippen molar-refractivity contribution < 1.29 is 9.18 Å². The smallest absolute Gasteiger partial charge is 0.276 e. The molecule has 2 heterocycles. The van der Waals surface area contributed by atoms with Crippen LogP contribution in [0.4, 0.5) is 10.1 Å². The monoisotopic (exact) mass is 332 g/mol. The number of amides is 1. The maximum absolute atomic E-state index is 12.9. The molecule has 8 heteroatoms. The molecule has 24 heavy (non-hydrogen) atoms. The third-order valence-electron chi connectivity index (χ3n) is 4.11. The summed E-state index contributed by atoms with van der Waals surface area (Å²) in [6.07, 6.45) is 3.30. The van der Waals surface area contributed by atoms with Gasteiger partial charge in [-0.2, -0.15) is 0 Å². The summed E-state index contributed by atoms with van der Waals surface area (Å²) >= 11 is 0. The summed E-state index contributed by atoms with van der Waals surface area (Å²) in [4.78, 5) is 14.2. The molecule has 1 aromatic carbocycles. The Morgan fingerprint density at radius 2 is 2.00 bits per heavy atom. The van der Waals surface area contributed by atoms with Gasteiger partial charge in [0.2, 0.25) is 0 Å². The number of carbonyl (C=O) groups is 1. The van der Waals surface area contributed by atoms with Crippen LogP contribution in [-0.2, 0) is 6.54 Å². The van der Waals surface area contributed by atoms with Crippen molar-refractivity contribution in [2.45, 2.75) is 25.4 Å². The zero-order valence-corrected chi connectivity index (χ0v) is 13.4. The lowest BCUT2D eigenvalue weighted by atomic mass is 10.0. The summed E-state index contributed by atoms with van der Waals surface area (Å²) < 4.78 is 14.5. The van der Waals surface area contributed by atoms with Gasteiger partial charge in [-0.1, -0.05) is 5.21 Å². The molecule has 0 spiro atoms. The van der Waals surface area contributed by atoms with E-state index in [1.165, 1.54) is 12.1 Å². The van der Waals surface area contributed by atoms with Gasteiger partial charge in [0.25, 0.3) is 5.91 Å². The van der Waals surface area contributed by atoms with Crippen LogP contribution < -0.4 is 11.1 Å². The van der Waals surface area contributed by atoms with Crippen molar-refractivity contribution in [3.05, 3.63) is 42.0 Å². The molecule has 128 valence electrons. The van der Waals surface area contributed by atoms with Crippen molar-refractivity contribution in [2.75, 3.05) is 25.0 Å². The van der Waals surface area contributed by atoms with Crippen molar-refractivity contribution >= 4 is 11.6 Å². The Bertz CT molecular complexity index is 678. The van der Waals surface area contributed by atoms with Crippen molar-refractivity contribution in [1.82, 2.24) is 19.9 Å². The second-order valence-corrected chi connectivity index (χ2v) is 5.87. The molecule has 0 saturated carbocycles. The molecule has 2 aromatic rings. The van der Waals surface area contributed by atoms with Crippen LogP contribution in [0, 0.1) is 5.82 Å². The van der Waals surface area contributed by atoms with Crippen LogP contribution in [0.3, 0.4) is 0 Å². The average Bonchev–Trinajstić information content (AvgIpc) is 3.06. The van der Waals surface area contributed by atoms with E-state index in [0.717, 1.165) is 18.5 Å². The molecule has 0 aliphatic carbocycles. The van der Waals surface area contributed by atoms with Gasteiger partial charge in [-0.05, 0) is 37.1 Å². The standard InChI is InChI=1S/C16H21FN6O/c17-12-1-3-13(4-2-12)19-14-5-8-22(9-6-14)16(24)15-11-23(10-7-18)21-20-15/h1-4,11,14,19H,5-10,18H2. The SMILES string of the molecule is NCCn1cc(C(=O)N2CCC(Nc3ccc(F)cc3)CC2)nn1. The highest BCUT2D eigenvalue weighted by atomic mass is 19.1. The zero-order chi connectivity index (χ0) is 16.9. The van der Waals surface area contributed by atoms with E-state index in [4.69, 9.17) is 5.73 Å². The van der Waals surface area contributed by atoms with E-state index in [1.54, 1.807) is 27.9 Å². The fourth-order valence-electron chi connectivity index (χ4n) is 2.81. The number of nitrogens with zero attached hydrogens (tertiary/aromatic N) is 4. The molecule has 1 fully saturated rings. The Hall–Kier alpha value is -2.48. The summed E-state index contributed by atoms with van der Waals surface area (Å²) in [6.45, 7) is 2.31. The van der Waals surface area contributed by atoms with Crippen molar-refractivity contribution in [3.63, 3.8) is 0 Å². The summed E-state index contributed by atoms with van der Waals surface area (Å²) in [5, 5.41) is 11.2. The Labute approximate surface area is 139 Å². The molecule has 0 atom stereocenters. The highest BCUT2D eigenvalue weighted by Gasteiger charge is 2.25. The van der Waals surface area contributed by atoms with Crippen molar-refractivity contribution in [2.24, 2.45) is 5.73 Å². The zero-order valence-electron chi connectivity index (χ0n) is 13.4. The van der Waals surface area contributed by atoms with Gasteiger partial charge < -0.3 is 16.0 Å². The molecule has 3 rings (SSSR count). The fourth-order valence-corrected chi connectivity index (χ4v) is 2.81. The molecule has 0 unspecified atom stereocenters. The predicted octanol–water partition coefficient (Wildman–Crippen LogP) is 1.09. The average molecular weight is 332 g/mol. The lowest BCUT2D eigenvalue weighted by Gasteiger charge is -2.32. The second-order valence-electron chi connectivity index (χ2n) is 5.87. The number of hydrogen-bond donors (Lipinski definition) is 2. The summed E-state index contributed by atoms with van der Waals surface area (Å²) in [5.41, 5.74) is 6.71. The van der Waals surface area contributed by atoms with Gasteiger partial charge in [0, 0.05) is 31.4 Å². The van der Waals surface area contributed by atoms with E-state index in [9.17, 15) is 9.18 Å². The van der Waals surface area contributed by atoms with Gasteiger partial charge >= 0.3 is 0 Å². The number of aromatic nitrogens is 3. The van der Waals surface area contributed by atoms with Crippen LogP contribution in [0.15, 0.2) is 30.5 Å². The van der Waals surface area contributed by atoms with Gasteiger partial charge in [0.15, 0.2) is 5.69 Å². The van der Waals surface area contributed by atoms with Crippen molar-refractivity contribution in [1.29, 1.82) is 0 Å². The molecule has 1 aromatic heterocycles. The Morgan fingerprint density at radius 1 is 1.29 bits per heavy atom. The van der Waals surface area contributed by atoms with Crippen LogP contribution in [0.25, 0.3) is 0 Å². The maximum Gasteiger partial charge on any atom is 0.276 e. The van der Waals surface area contributed by atoms with Crippen LogP contribution in [0.5, 0.6) is 0 Å². The van der Waals surface area contributed by atoms with E-state index < -0.39 is 0 Å². The number of benzene rings is 1. The third-order valence-corrected chi connectivity index (χ3v) is 4.11. The largest absolute Gasteiger partial charge is 0.382 e. The highest BCUT2D eigenvalue weighted by Crippen LogP contribution is 2.18. The molecule has 1 saturated heterocycles. The first-order chi connectivity index (χ1) is 11.7.